The first-order valence-electron chi connectivity index (χ1n) is 6.81. The zero-order chi connectivity index (χ0) is 15.4. The number of rotatable bonds is 1. The summed E-state index contributed by atoms with van der Waals surface area (Å²) in [6, 6.07) is 10.5. The third-order valence-corrected chi connectivity index (χ3v) is 4.03. The molecular formula is C18H10O4. The van der Waals surface area contributed by atoms with Gasteiger partial charge in [0.05, 0.1) is 12.0 Å². The molecule has 0 spiro atoms. The van der Waals surface area contributed by atoms with Crippen LogP contribution in [0.25, 0.3) is 16.9 Å². The summed E-state index contributed by atoms with van der Waals surface area (Å²) >= 11 is 0. The standard InChI is InChI=1S/C18H10O4/c1-9-14-6-10(3-5-13(14)18(21)22-9)11-2-4-12-15(7-11)17(20)8-16(12)19/h2-7H,1,8H2. The first-order valence-corrected chi connectivity index (χ1v) is 6.81. The summed E-state index contributed by atoms with van der Waals surface area (Å²) in [6.45, 7) is 3.72. The molecule has 1 heterocycles. The summed E-state index contributed by atoms with van der Waals surface area (Å²) in [5.41, 5.74) is 3.75. The van der Waals surface area contributed by atoms with Gasteiger partial charge < -0.3 is 4.74 Å². The molecule has 0 fully saturated rings. The number of ether oxygens (including phenoxy) is 1. The quantitative estimate of drug-likeness (QED) is 0.597. The van der Waals surface area contributed by atoms with Crippen molar-refractivity contribution in [1.82, 2.24) is 0 Å². The minimum absolute atomic E-state index is 0.0535. The molecule has 0 unspecified atom stereocenters. The number of hydrogen-bond donors (Lipinski definition) is 0. The predicted molar refractivity (Wildman–Crippen MR) is 79.6 cm³/mol. The fourth-order valence-corrected chi connectivity index (χ4v) is 2.89. The maximum Gasteiger partial charge on any atom is 0.344 e. The zero-order valence-electron chi connectivity index (χ0n) is 11.5. The third-order valence-electron chi connectivity index (χ3n) is 4.03. The third kappa shape index (κ3) is 1.67. The first-order chi connectivity index (χ1) is 10.5. The Hall–Kier alpha value is -3.01. The molecule has 0 atom stereocenters. The highest BCUT2D eigenvalue weighted by molar-refractivity contribution is 6.24. The molecule has 0 bridgehead atoms. The SMILES string of the molecule is C=C1OC(=O)c2ccc(-c3ccc4c(c3)C(=O)CC4=O)cc21. The molecule has 2 aliphatic rings. The Kier molecular flexibility index (Phi) is 2.45. The van der Waals surface area contributed by atoms with Crippen LogP contribution in [0.1, 0.15) is 43.1 Å². The van der Waals surface area contributed by atoms with Crippen LogP contribution in [-0.4, -0.2) is 17.5 Å². The van der Waals surface area contributed by atoms with Crippen LogP contribution in [0.15, 0.2) is 43.0 Å². The average molecular weight is 290 g/mol. The van der Waals surface area contributed by atoms with E-state index in [1.165, 1.54) is 0 Å². The fraction of sp³-hybridized carbons (Fsp3) is 0.0556. The van der Waals surface area contributed by atoms with E-state index < -0.39 is 5.97 Å². The van der Waals surface area contributed by atoms with Gasteiger partial charge in [0.15, 0.2) is 11.6 Å². The van der Waals surface area contributed by atoms with E-state index in [1.54, 1.807) is 30.3 Å². The summed E-state index contributed by atoms with van der Waals surface area (Å²) in [7, 11) is 0. The van der Waals surface area contributed by atoms with Gasteiger partial charge in [-0.15, -0.1) is 0 Å². The molecule has 4 nitrogen and oxygen atoms in total. The second-order valence-corrected chi connectivity index (χ2v) is 5.36. The Balaban J connectivity index is 1.84. The Morgan fingerprint density at radius 1 is 0.773 bits per heavy atom. The minimum Gasteiger partial charge on any atom is -0.423 e. The van der Waals surface area contributed by atoms with E-state index in [0.29, 0.717) is 28.0 Å². The van der Waals surface area contributed by atoms with Crippen molar-refractivity contribution in [3.63, 3.8) is 0 Å². The number of benzene rings is 2. The lowest BCUT2D eigenvalue weighted by Gasteiger charge is -2.05. The number of carbonyl (C=O) groups is 3. The Morgan fingerprint density at radius 2 is 1.36 bits per heavy atom. The summed E-state index contributed by atoms with van der Waals surface area (Å²) in [6.07, 6.45) is -0.0535. The lowest BCUT2D eigenvalue weighted by atomic mass is 9.97. The van der Waals surface area contributed by atoms with Crippen LogP contribution in [0.4, 0.5) is 0 Å². The molecule has 0 amide bonds. The van der Waals surface area contributed by atoms with E-state index in [4.69, 9.17) is 4.74 Å². The molecule has 2 aromatic carbocycles. The van der Waals surface area contributed by atoms with E-state index in [-0.39, 0.29) is 18.0 Å². The number of ketones is 2. The molecule has 0 saturated heterocycles. The summed E-state index contributed by atoms with van der Waals surface area (Å²) in [5, 5.41) is 0. The highest BCUT2D eigenvalue weighted by Crippen LogP contribution is 2.34. The number of fused-ring (bicyclic) bond motifs is 2. The van der Waals surface area contributed by atoms with Gasteiger partial charge >= 0.3 is 5.97 Å². The molecule has 2 aromatic rings. The van der Waals surface area contributed by atoms with Gasteiger partial charge in [-0.1, -0.05) is 24.8 Å². The maximum absolute atomic E-state index is 11.8. The van der Waals surface area contributed by atoms with Crippen molar-refractivity contribution in [3.8, 4) is 11.1 Å². The maximum atomic E-state index is 11.8. The van der Waals surface area contributed by atoms with Gasteiger partial charge in [0.25, 0.3) is 0 Å². The number of cyclic esters (lactones) is 1. The molecule has 1 aliphatic carbocycles. The van der Waals surface area contributed by atoms with Crippen molar-refractivity contribution in [2.24, 2.45) is 0 Å². The van der Waals surface area contributed by atoms with Crippen molar-refractivity contribution in [1.29, 1.82) is 0 Å². The van der Waals surface area contributed by atoms with Crippen molar-refractivity contribution < 1.29 is 19.1 Å². The average Bonchev–Trinajstić information content (AvgIpc) is 2.96. The van der Waals surface area contributed by atoms with Gasteiger partial charge in [0, 0.05) is 16.7 Å². The minimum atomic E-state index is -0.402. The molecule has 0 radical (unpaired) electrons. The van der Waals surface area contributed by atoms with Crippen LogP contribution >= 0.6 is 0 Å². The van der Waals surface area contributed by atoms with Crippen molar-refractivity contribution in [2.75, 3.05) is 0 Å². The fourth-order valence-electron chi connectivity index (χ4n) is 2.89. The van der Waals surface area contributed by atoms with Crippen LogP contribution in [-0.2, 0) is 4.74 Å². The summed E-state index contributed by atoms with van der Waals surface area (Å²) < 4.78 is 5.00. The van der Waals surface area contributed by atoms with Gasteiger partial charge in [0.1, 0.15) is 5.76 Å². The Bertz CT molecular complexity index is 830. The highest BCUT2D eigenvalue weighted by atomic mass is 16.5. The molecule has 0 aromatic heterocycles. The number of carbonyl (C=O) groups excluding carboxylic acids is 3. The van der Waals surface area contributed by atoms with E-state index in [0.717, 1.165) is 11.1 Å². The van der Waals surface area contributed by atoms with Crippen molar-refractivity contribution >= 4 is 23.3 Å². The number of hydrogen-bond acceptors (Lipinski definition) is 4. The predicted octanol–water partition coefficient (Wildman–Crippen LogP) is 3.26. The number of Topliss-reactive ketones (excluding diaryl/α,β-unsaturated/α-hetero) is 2. The van der Waals surface area contributed by atoms with Gasteiger partial charge in [-0.3, -0.25) is 9.59 Å². The second kappa shape index (κ2) is 4.24. The molecular weight excluding hydrogens is 280 g/mol. The molecule has 4 heteroatoms. The first kappa shape index (κ1) is 12.7. The van der Waals surface area contributed by atoms with Crippen LogP contribution in [0, 0.1) is 0 Å². The van der Waals surface area contributed by atoms with E-state index in [1.807, 2.05) is 6.07 Å². The van der Waals surface area contributed by atoms with Gasteiger partial charge in [-0.05, 0) is 29.3 Å². The zero-order valence-corrected chi connectivity index (χ0v) is 11.5. The van der Waals surface area contributed by atoms with Crippen molar-refractivity contribution in [3.05, 3.63) is 65.2 Å². The molecule has 1 aliphatic heterocycles. The van der Waals surface area contributed by atoms with Crippen LogP contribution in [0.3, 0.4) is 0 Å². The Labute approximate surface area is 126 Å². The summed E-state index contributed by atoms with van der Waals surface area (Å²) in [5.74, 6) is -0.352. The van der Waals surface area contributed by atoms with Gasteiger partial charge in [-0.25, -0.2) is 4.79 Å². The van der Waals surface area contributed by atoms with Crippen LogP contribution in [0.5, 0.6) is 0 Å². The van der Waals surface area contributed by atoms with Gasteiger partial charge in [-0.2, -0.15) is 0 Å². The normalized spacial score (nSPS) is 15.8. The molecule has 22 heavy (non-hydrogen) atoms. The monoisotopic (exact) mass is 290 g/mol. The van der Waals surface area contributed by atoms with E-state index in [9.17, 15) is 14.4 Å². The van der Waals surface area contributed by atoms with Gasteiger partial charge in [0.2, 0.25) is 0 Å². The van der Waals surface area contributed by atoms with Crippen molar-refractivity contribution in [2.45, 2.75) is 6.42 Å². The number of esters is 1. The van der Waals surface area contributed by atoms with E-state index >= 15 is 0 Å². The van der Waals surface area contributed by atoms with E-state index in [2.05, 4.69) is 6.58 Å². The molecule has 0 saturated carbocycles. The van der Waals surface area contributed by atoms with Crippen LogP contribution in [0.2, 0.25) is 0 Å². The molecule has 106 valence electrons. The van der Waals surface area contributed by atoms with Crippen LogP contribution < -0.4 is 0 Å². The molecule has 4 rings (SSSR count). The second-order valence-electron chi connectivity index (χ2n) is 5.36. The Morgan fingerprint density at radius 3 is 2.09 bits per heavy atom. The lowest BCUT2D eigenvalue weighted by Crippen LogP contribution is -1.94. The highest BCUT2D eigenvalue weighted by Gasteiger charge is 2.28. The lowest BCUT2D eigenvalue weighted by molar-refractivity contribution is 0.0715. The topological polar surface area (TPSA) is 60.4 Å². The smallest absolute Gasteiger partial charge is 0.344 e. The summed E-state index contributed by atoms with van der Waals surface area (Å²) in [4.78, 5) is 35.1. The molecule has 0 N–H and O–H groups in total. The largest absolute Gasteiger partial charge is 0.423 e.